The fraction of sp³-hybridized carbons (Fsp3) is 0.250. The number of H-pyrrole nitrogens is 1. The second-order valence-corrected chi connectivity index (χ2v) is 7.87. The van der Waals surface area contributed by atoms with E-state index in [1.54, 1.807) is 0 Å². The van der Waals surface area contributed by atoms with E-state index in [4.69, 9.17) is 19.2 Å². The minimum atomic E-state index is -0.605. The molecule has 2 aliphatic rings. The van der Waals surface area contributed by atoms with Gasteiger partial charge in [-0.3, -0.25) is 0 Å². The zero-order valence-corrected chi connectivity index (χ0v) is 16.6. The molecule has 0 amide bonds. The summed E-state index contributed by atoms with van der Waals surface area (Å²) in [7, 11) is 0. The molecule has 31 heavy (non-hydrogen) atoms. The van der Waals surface area contributed by atoms with Gasteiger partial charge in [0.2, 0.25) is 0 Å². The van der Waals surface area contributed by atoms with Gasteiger partial charge in [-0.05, 0) is 23.3 Å². The van der Waals surface area contributed by atoms with Gasteiger partial charge in [0.05, 0.1) is 24.4 Å². The van der Waals surface area contributed by atoms with E-state index in [1.807, 2.05) is 30.3 Å². The van der Waals surface area contributed by atoms with Crippen molar-refractivity contribution in [3.05, 3.63) is 66.7 Å². The molecular formula is C24H21N3O4. The average Bonchev–Trinajstić information content (AvgIpc) is 3.51. The third-order valence-corrected chi connectivity index (χ3v) is 5.86. The molecule has 2 saturated heterocycles. The number of aromatic amines is 1. The summed E-state index contributed by atoms with van der Waals surface area (Å²) in [4.78, 5) is 12.3. The standard InChI is InChI=1S/C24H21N3O4/c28-19-12-29-22-20(13-30-21(19)22)31-24-26-18-11-10-17(25-23(18)27-24)16-8-6-15(7-9-16)14-4-2-1-3-5-14/h1-11,19-22,28H,12-13H2,(H,25,26,27). The average molecular weight is 415 g/mol. The molecule has 4 unspecified atom stereocenters. The number of aliphatic hydroxyl groups is 1. The molecule has 7 nitrogen and oxygen atoms in total. The number of aliphatic hydroxyl groups excluding tert-OH is 1. The summed E-state index contributed by atoms with van der Waals surface area (Å²) in [5, 5.41) is 9.88. The molecule has 2 aromatic heterocycles. The summed E-state index contributed by atoms with van der Waals surface area (Å²) in [6.07, 6.45) is -1.53. The molecule has 156 valence electrons. The van der Waals surface area contributed by atoms with E-state index in [0.717, 1.165) is 22.3 Å². The Balaban J connectivity index is 1.23. The van der Waals surface area contributed by atoms with Gasteiger partial charge < -0.3 is 24.3 Å². The fourth-order valence-corrected chi connectivity index (χ4v) is 4.24. The van der Waals surface area contributed by atoms with E-state index in [2.05, 4.69) is 46.4 Å². The topological polar surface area (TPSA) is 89.5 Å². The highest BCUT2D eigenvalue weighted by Gasteiger charge is 2.48. The van der Waals surface area contributed by atoms with Crippen LogP contribution in [0.1, 0.15) is 0 Å². The first-order valence-corrected chi connectivity index (χ1v) is 10.4. The highest BCUT2D eigenvalue weighted by atomic mass is 16.6. The van der Waals surface area contributed by atoms with Crippen molar-refractivity contribution in [1.82, 2.24) is 15.0 Å². The maximum Gasteiger partial charge on any atom is 0.296 e. The van der Waals surface area contributed by atoms with Gasteiger partial charge >= 0.3 is 0 Å². The van der Waals surface area contributed by atoms with Crippen LogP contribution >= 0.6 is 0 Å². The van der Waals surface area contributed by atoms with Gasteiger partial charge in [-0.25, -0.2) is 4.98 Å². The summed E-state index contributed by atoms with van der Waals surface area (Å²) in [5.41, 5.74) is 5.59. The lowest BCUT2D eigenvalue weighted by atomic mass is 10.0. The molecule has 6 rings (SSSR count). The lowest BCUT2D eigenvalue weighted by Gasteiger charge is -2.15. The summed E-state index contributed by atoms with van der Waals surface area (Å²) in [6.45, 7) is 0.624. The Morgan fingerprint density at radius 2 is 1.55 bits per heavy atom. The monoisotopic (exact) mass is 415 g/mol. The van der Waals surface area contributed by atoms with Crippen LogP contribution in [-0.2, 0) is 9.47 Å². The number of nitrogens with zero attached hydrogens (tertiary/aromatic N) is 2. The van der Waals surface area contributed by atoms with E-state index >= 15 is 0 Å². The van der Waals surface area contributed by atoms with Crippen molar-refractivity contribution >= 4 is 11.2 Å². The number of ether oxygens (including phenoxy) is 3. The Bertz CT molecular complexity index is 1210. The molecule has 2 N–H and O–H groups in total. The van der Waals surface area contributed by atoms with Crippen LogP contribution in [0.25, 0.3) is 33.5 Å². The first-order chi connectivity index (χ1) is 15.2. The van der Waals surface area contributed by atoms with Crippen LogP contribution in [0.15, 0.2) is 66.7 Å². The number of nitrogens with one attached hydrogen (secondary N) is 1. The molecule has 4 aromatic rings. The van der Waals surface area contributed by atoms with Gasteiger partial charge in [-0.2, -0.15) is 4.98 Å². The minimum absolute atomic E-state index is 0.267. The molecular weight excluding hydrogens is 394 g/mol. The maximum atomic E-state index is 9.88. The van der Waals surface area contributed by atoms with Crippen LogP contribution in [0.4, 0.5) is 0 Å². The third-order valence-electron chi connectivity index (χ3n) is 5.86. The smallest absolute Gasteiger partial charge is 0.296 e. The van der Waals surface area contributed by atoms with Crippen LogP contribution in [0.5, 0.6) is 6.01 Å². The van der Waals surface area contributed by atoms with Crippen LogP contribution in [-0.4, -0.2) is 57.7 Å². The van der Waals surface area contributed by atoms with Crippen molar-refractivity contribution in [3.63, 3.8) is 0 Å². The van der Waals surface area contributed by atoms with Crippen LogP contribution in [0.3, 0.4) is 0 Å². The SMILES string of the molecule is OC1COC2C(Oc3nc4nc(-c5ccc(-c6ccccc6)cc5)ccc4[nH]3)COC12. The summed E-state index contributed by atoms with van der Waals surface area (Å²) >= 11 is 0. The summed E-state index contributed by atoms with van der Waals surface area (Å²) in [5.74, 6) is 0. The first-order valence-electron chi connectivity index (χ1n) is 10.4. The molecule has 0 radical (unpaired) electrons. The normalized spacial score (nSPS) is 25.1. The van der Waals surface area contributed by atoms with E-state index in [9.17, 15) is 5.11 Å². The maximum absolute atomic E-state index is 9.88. The van der Waals surface area contributed by atoms with Crippen molar-refractivity contribution in [2.75, 3.05) is 13.2 Å². The van der Waals surface area contributed by atoms with Crippen LogP contribution in [0.2, 0.25) is 0 Å². The number of imidazole rings is 1. The molecule has 2 fully saturated rings. The van der Waals surface area contributed by atoms with Gasteiger partial charge in [0.15, 0.2) is 11.8 Å². The Kier molecular flexibility index (Phi) is 4.45. The second-order valence-electron chi connectivity index (χ2n) is 7.87. The van der Waals surface area contributed by atoms with Gasteiger partial charge in [0, 0.05) is 5.56 Å². The molecule has 0 saturated carbocycles. The lowest BCUT2D eigenvalue weighted by Crippen LogP contribution is -2.34. The van der Waals surface area contributed by atoms with Crippen molar-refractivity contribution in [1.29, 1.82) is 0 Å². The molecule has 4 heterocycles. The zero-order valence-electron chi connectivity index (χ0n) is 16.6. The second kappa shape index (κ2) is 7.46. The van der Waals surface area contributed by atoms with E-state index in [0.29, 0.717) is 18.3 Å². The fourth-order valence-electron chi connectivity index (χ4n) is 4.24. The Morgan fingerprint density at radius 3 is 2.39 bits per heavy atom. The van der Waals surface area contributed by atoms with Gasteiger partial charge in [0.1, 0.15) is 18.3 Å². The number of pyridine rings is 1. The number of rotatable bonds is 4. The third kappa shape index (κ3) is 3.37. The summed E-state index contributed by atoms with van der Waals surface area (Å²) < 4.78 is 17.2. The predicted octanol–water partition coefficient (Wildman–Crippen LogP) is 3.20. The van der Waals surface area contributed by atoms with Gasteiger partial charge in [0.25, 0.3) is 6.01 Å². The number of fused-ring (bicyclic) bond motifs is 2. The van der Waals surface area contributed by atoms with Crippen molar-refractivity contribution < 1.29 is 19.3 Å². The molecule has 2 aromatic carbocycles. The van der Waals surface area contributed by atoms with Gasteiger partial charge in [-0.15, -0.1) is 0 Å². The zero-order chi connectivity index (χ0) is 20.8. The van der Waals surface area contributed by atoms with Crippen molar-refractivity contribution in [3.8, 4) is 28.4 Å². The largest absolute Gasteiger partial charge is 0.456 e. The number of aromatic nitrogens is 3. The molecule has 4 atom stereocenters. The number of hydrogen-bond donors (Lipinski definition) is 2. The number of hydrogen-bond acceptors (Lipinski definition) is 6. The molecule has 2 aliphatic heterocycles. The van der Waals surface area contributed by atoms with Gasteiger partial charge in [-0.1, -0.05) is 54.6 Å². The lowest BCUT2D eigenvalue weighted by molar-refractivity contribution is 0.00706. The quantitative estimate of drug-likeness (QED) is 0.532. The van der Waals surface area contributed by atoms with Crippen molar-refractivity contribution in [2.45, 2.75) is 24.4 Å². The molecule has 0 aliphatic carbocycles. The predicted molar refractivity (Wildman–Crippen MR) is 115 cm³/mol. The van der Waals surface area contributed by atoms with E-state index in [1.165, 1.54) is 5.56 Å². The van der Waals surface area contributed by atoms with Crippen LogP contribution in [0, 0.1) is 0 Å². The Labute approximate surface area is 178 Å². The van der Waals surface area contributed by atoms with E-state index < -0.39 is 6.10 Å². The minimum Gasteiger partial charge on any atom is -0.456 e. The highest BCUT2D eigenvalue weighted by molar-refractivity contribution is 5.76. The Morgan fingerprint density at radius 1 is 0.806 bits per heavy atom. The van der Waals surface area contributed by atoms with Crippen molar-refractivity contribution in [2.24, 2.45) is 0 Å². The Hall–Kier alpha value is -3.26. The summed E-state index contributed by atoms with van der Waals surface area (Å²) in [6, 6.07) is 22.9. The highest BCUT2D eigenvalue weighted by Crippen LogP contribution is 2.30. The number of benzene rings is 2. The molecule has 0 spiro atoms. The van der Waals surface area contributed by atoms with E-state index in [-0.39, 0.29) is 24.9 Å². The van der Waals surface area contributed by atoms with Crippen LogP contribution < -0.4 is 4.74 Å². The first kappa shape index (κ1) is 18.5. The molecule has 0 bridgehead atoms. The molecule has 7 heteroatoms.